The molecular weight excluding hydrogens is 526 g/mol. The van der Waals surface area contributed by atoms with Gasteiger partial charge in [-0.25, -0.2) is 8.42 Å². The van der Waals surface area contributed by atoms with Crippen LogP contribution in [0.2, 0.25) is 0 Å². The normalized spacial score (nSPS) is 10.9. The zero-order valence-electron chi connectivity index (χ0n) is 22.3. The third-order valence-electron chi connectivity index (χ3n) is 6.19. The molecule has 0 saturated carbocycles. The number of benzene rings is 4. The third kappa shape index (κ3) is 6.50. The van der Waals surface area contributed by atoms with Gasteiger partial charge in [-0.15, -0.1) is 0 Å². The van der Waals surface area contributed by atoms with Gasteiger partial charge in [0.2, 0.25) is 0 Å². The fourth-order valence-electron chi connectivity index (χ4n) is 4.12. The summed E-state index contributed by atoms with van der Waals surface area (Å²) < 4.78 is 34.4. The molecule has 0 fully saturated rings. The van der Waals surface area contributed by atoms with Crippen molar-refractivity contribution >= 4 is 33.2 Å². The van der Waals surface area contributed by atoms with Crippen LogP contribution in [-0.2, 0) is 16.6 Å². The molecule has 4 aromatic carbocycles. The van der Waals surface area contributed by atoms with Crippen LogP contribution in [0, 0.1) is 0 Å². The molecule has 0 saturated heterocycles. The van der Waals surface area contributed by atoms with Gasteiger partial charge < -0.3 is 15.4 Å². The summed E-state index contributed by atoms with van der Waals surface area (Å²) in [7, 11) is -2.60. The minimum atomic E-state index is -4.10. The van der Waals surface area contributed by atoms with Crippen molar-refractivity contribution in [2.45, 2.75) is 24.8 Å². The summed E-state index contributed by atoms with van der Waals surface area (Å²) in [4.78, 5) is 26.4. The average molecular weight is 558 g/mol. The average Bonchev–Trinajstić information content (AvgIpc) is 2.99. The fourth-order valence-corrected chi connectivity index (χ4v) is 5.59. The monoisotopic (exact) mass is 557 g/mol. The Labute approximate surface area is 234 Å². The maximum atomic E-state index is 14.0. The van der Waals surface area contributed by atoms with Gasteiger partial charge >= 0.3 is 0 Å². The van der Waals surface area contributed by atoms with Crippen molar-refractivity contribution in [3.63, 3.8) is 0 Å². The molecule has 0 radical (unpaired) electrons. The first-order valence-electron chi connectivity index (χ1n) is 12.8. The molecule has 0 aliphatic heterocycles. The second-order valence-corrected chi connectivity index (χ2v) is 10.8. The molecule has 0 unspecified atom stereocenters. The number of carbonyl (C=O) groups is 2. The highest BCUT2D eigenvalue weighted by atomic mass is 32.2. The van der Waals surface area contributed by atoms with E-state index in [-0.39, 0.29) is 28.6 Å². The quantitative estimate of drug-likeness (QED) is 0.254. The summed E-state index contributed by atoms with van der Waals surface area (Å²) in [5.41, 5.74) is 1.72. The van der Waals surface area contributed by atoms with Crippen molar-refractivity contribution in [2.24, 2.45) is 0 Å². The highest BCUT2D eigenvalue weighted by molar-refractivity contribution is 7.92. The van der Waals surface area contributed by atoms with Crippen molar-refractivity contribution in [2.75, 3.05) is 23.3 Å². The van der Waals surface area contributed by atoms with Crippen molar-refractivity contribution in [1.82, 2.24) is 5.32 Å². The van der Waals surface area contributed by atoms with Crippen molar-refractivity contribution in [3.05, 3.63) is 120 Å². The second kappa shape index (κ2) is 12.9. The van der Waals surface area contributed by atoms with E-state index in [1.807, 2.05) is 37.3 Å². The summed E-state index contributed by atoms with van der Waals surface area (Å²) in [6.45, 7) is 2.45. The molecule has 2 amide bonds. The van der Waals surface area contributed by atoms with Gasteiger partial charge in [-0.3, -0.25) is 13.9 Å². The maximum absolute atomic E-state index is 14.0. The second-order valence-electron chi connectivity index (χ2n) is 8.95. The zero-order valence-corrected chi connectivity index (χ0v) is 23.1. The van der Waals surface area contributed by atoms with Crippen LogP contribution >= 0.6 is 0 Å². The Balaban J connectivity index is 1.75. The summed E-state index contributed by atoms with van der Waals surface area (Å²) in [5, 5.41) is 5.63. The molecule has 2 N–H and O–H groups in total. The topological polar surface area (TPSA) is 105 Å². The Morgan fingerprint density at radius 3 is 2.08 bits per heavy atom. The van der Waals surface area contributed by atoms with Crippen LogP contribution < -0.4 is 19.7 Å². The zero-order chi connectivity index (χ0) is 28.5. The number of para-hydroxylation sites is 2. The van der Waals surface area contributed by atoms with E-state index in [1.165, 1.54) is 23.5 Å². The SMILES string of the molecule is CCCNC(=O)c1ccccc1NC(=O)c1ccccc1N(Cc1ccccc1)S(=O)(=O)c1ccc(OC)cc1. The number of methoxy groups -OCH3 is 1. The Hall–Kier alpha value is -4.63. The molecule has 206 valence electrons. The molecule has 0 spiro atoms. The third-order valence-corrected chi connectivity index (χ3v) is 7.96. The number of hydrogen-bond donors (Lipinski definition) is 2. The summed E-state index contributed by atoms with van der Waals surface area (Å²) in [6.07, 6.45) is 0.771. The van der Waals surface area contributed by atoms with E-state index < -0.39 is 15.9 Å². The number of sulfonamides is 1. The van der Waals surface area contributed by atoms with Crippen molar-refractivity contribution in [3.8, 4) is 5.75 Å². The van der Waals surface area contributed by atoms with E-state index >= 15 is 0 Å². The van der Waals surface area contributed by atoms with E-state index in [0.29, 0.717) is 23.5 Å². The number of nitrogens with zero attached hydrogens (tertiary/aromatic N) is 1. The summed E-state index contributed by atoms with van der Waals surface area (Å²) in [5.74, 6) is -0.330. The van der Waals surface area contributed by atoms with Crippen molar-refractivity contribution < 1.29 is 22.7 Å². The lowest BCUT2D eigenvalue weighted by Crippen LogP contribution is -2.32. The molecular formula is C31H31N3O5S. The van der Waals surface area contributed by atoms with Crippen LogP contribution in [-0.4, -0.2) is 33.9 Å². The number of ether oxygens (including phenoxy) is 1. The van der Waals surface area contributed by atoms with Crippen LogP contribution in [0.25, 0.3) is 0 Å². The molecule has 0 aromatic heterocycles. The molecule has 0 atom stereocenters. The predicted molar refractivity (Wildman–Crippen MR) is 156 cm³/mol. The van der Waals surface area contributed by atoms with Gasteiger partial charge in [0, 0.05) is 6.54 Å². The Bertz CT molecular complexity index is 1570. The highest BCUT2D eigenvalue weighted by Crippen LogP contribution is 2.31. The molecule has 4 aromatic rings. The van der Waals surface area contributed by atoms with Crippen molar-refractivity contribution in [1.29, 1.82) is 0 Å². The number of carbonyl (C=O) groups excluding carboxylic acids is 2. The largest absolute Gasteiger partial charge is 0.497 e. The predicted octanol–water partition coefficient (Wildman–Crippen LogP) is 5.48. The summed E-state index contributed by atoms with van der Waals surface area (Å²) in [6, 6.07) is 28.4. The van der Waals surface area contributed by atoms with Crippen LogP contribution in [0.4, 0.5) is 11.4 Å². The smallest absolute Gasteiger partial charge is 0.264 e. The molecule has 40 heavy (non-hydrogen) atoms. The van der Waals surface area contributed by atoms with Gasteiger partial charge in [0.1, 0.15) is 5.75 Å². The van der Waals surface area contributed by atoms with E-state index in [9.17, 15) is 18.0 Å². The lowest BCUT2D eigenvalue weighted by atomic mass is 10.1. The van der Waals surface area contributed by atoms with Crippen LogP contribution in [0.3, 0.4) is 0 Å². The standard InChI is InChI=1S/C31H31N3O5S/c1-3-21-32-30(35)26-13-7-9-15-28(26)33-31(36)27-14-8-10-16-29(27)34(22-23-11-5-4-6-12-23)40(37,38)25-19-17-24(39-2)18-20-25/h4-20H,3,21-22H2,1-2H3,(H,32,35)(H,33,36). The summed E-state index contributed by atoms with van der Waals surface area (Å²) >= 11 is 0. The molecule has 9 heteroatoms. The number of nitrogens with one attached hydrogen (secondary N) is 2. The first-order chi connectivity index (χ1) is 19.3. The number of amides is 2. The van der Waals surface area contributed by atoms with Crippen LogP contribution in [0.1, 0.15) is 39.6 Å². The molecule has 8 nitrogen and oxygen atoms in total. The Morgan fingerprint density at radius 1 is 0.775 bits per heavy atom. The molecule has 0 aliphatic rings. The maximum Gasteiger partial charge on any atom is 0.264 e. The molecule has 4 rings (SSSR count). The van der Waals surface area contributed by atoms with E-state index in [1.54, 1.807) is 60.7 Å². The van der Waals surface area contributed by atoms with Gasteiger partial charge in [-0.2, -0.15) is 0 Å². The van der Waals surface area contributed by atoms with Gasteiger partial charge in [0.15, 0.2) is 0 Å². The Kier molecular flexibility index (Phi) is 9.19. The molecule has 0 heterocycles. The van der Waals surface area contributed by atoms with Gasteiger partial charge in [0.25, 0.3) is 21.8 Å². The lowest BCUT2D eigenvalue weighted by molar-refractivity contribution is 0.0954. The van der Waals surface area contributed by atoms with E-state index in [0.717, 1.165) is 12.0 Å². The first kappa shape index (κ1) is 28.4. The van der Waals surface area contributed by atoms with Gasteiger partial charge in [-0.1, -0.05) is 61.5 Å². The van der Waals surface area contributed by atoms with E-state index in [4.69, 9.17) is 4.74 Å². The lowest BCUT2D eigenvalue weighted by Gasteiger charge is -2.27. The fraction of sp³-hybridized carbons (Fsp3) is 0.161. The van der Waals surface area contributed by atoms with E-state index in [2.05, 4.69) is 10.6 Å². The van der Waals surface area contributed by atoms with Crippen LogP contribution in [0.5, 0.6) is 5.75 Å². The minimum absolute atomic E-state index is 0.00446. The molecule has 0 bridgehead atoms. The number of hydrogen-bond acceptors (Lipinski definition) is 5. The molecule has 0 aliphatic carbocycles. The highest BCUT2D eigenvalue weighted by Gasteiger charge is 2.29. The number of anilines is 2. The van der Waals surface area contributed by atoms with Crippen LogP contribution in [0.15, 0.2) is 108 Å². The van der Waals surface area contributed by atoms with Gasteiger partial charge in [-0.05, 0) is 60.5 Å². The minimum Gasteiger partial charge on any atom is -0.497 e. The first-order valence-corrected chi connectivity index (χ1v) is 14.3. The van der Waals surface area contributed by atoms with Gasteiger partial charge in [0.05, 0.1) is 41.1 Å². The Morgan fingerprint density at radius 2 is 1.40 bits per heavy atom. The number of rotatable bonds is 11.